The number of anilines is 1. The van der Waals surface area contributed by atoms with E-state index in [9.17, 15) is 9.59 Å². The Kier molecular flexibility index (Phi) is 4.50. The Hall–Kier alpha value is -2.28. The molecule has 0 unspecified atom stereocenters. The van der Waals surface area contributed by atoms with Crippen LogP contribution >= 0.6 is 0 Å². The second kappa shape index (κ2) is 5.87. The number of methoxy groups -OCH3 is 1. The molecule has 3 N–H and O–H groups in total. The van der Waals surface area contributed by atoms with Gasteiger partial charge in [0.15, 0.2) is 0 Å². The zero-order valence-corrected chi connectivity index (χ0v) is 10.4. The Bertz CT molecular complexity index is 460. The van der Waals surface area contributed by atoms with E-state index < -0.39 is 12.0 Å². The van der Waals surface area contributed by atoms with Crippen molar-refractivity contribution in [3.63, 3.8) is 0 Å². The Balaban J connectivity index is 2.97. The summed E-state index contributed by atoms with van der Waals surface area (Å²) in [5.41, 5.74) is 2.60. The third-order valence-corrected chi connectivity index (χ3v) is 2.03. The molecule has 0 saturated heterocycles. The van der Waals surface area contributed by atoms with Crippen LogP contribution in [0.25, 0.3) is 0 Å². The van der Waals surface area contributed by atoms with E-state index in [-0.39, 0.29) is 11.3 Å². The first-order valence-corrected chi connectivity index (χ1v) is 5.10. The number of amides is 2. The predicted molar refractivity (Wildman–Crippen MR) is 65.8 cm³/mol. The molecule has 0 radical (unpaired) electrons. The van der Waals surface area contributed by atoms with Gasteiger partial charge in [0, 0.05) is 20.2 Å². The highest BCUT2D eigenvalue weighted by molar-refractivity contribution is 6.00. The van der Waals surface area contributed by atoms with Gasteiger partial charge in [0.1, 0.15) is 5.75 Å². The number of ether oxygens (including phenoxy) is 1. The highest BCUT2D eigenvalue weighted by Crippen LogP contribution is 2.22. The number of benzene rings is 1. The fourth-order valence-electron chi connectivity index (χ4n) is 1.29. The van der Waals surface area contributed by atoms with Crippen LogP contribution in [-0.2, 0) is 0 Å². The summed E-state index contributed by atoms with van der Waals surface area (Å²) in [7, 11) is 4.74. The monoisotopic (exact) mass is 253 g/mol. The van der Waals surface area contributed by atoms with Gasteiger partial charge in [0.25, 0.3) is 0 Å². The molecule has 98 valence electrons. The molecule has 0 bridgehead atoms. The third kappa shape index (κ3) is 3.63. The van der Waals surface area contributed by atoms with Gasteiger partial charge < -0.3 is 15.2 Å². The number of carbonyl (C=O) groups is 2. The summed E-state index contributed by atoms with van der Waals surface area (Å²) in [6, 6.07) is 3.79. The molecule has 0 fully saturated rings. The van der Waals surface area contributed by atoms with Gasteiger partial charge in [-0.25, -0.2) is 14.6 Å². The van der Waals surface area contributed by atoms with E-state index in [1.165, 1.54) is 30.3 Å². The number of carboxylic acids is 1. The van der Waals surface area contributed by atoms with Crippen molar-refractivity contribution in [3.8, 4) is 5.75 Å². The summed E-state index contributed by atoms with van der Waals surface area (Å²) in [5.74, 6) is -0.669. The number of nitrogens with one attached hydrogen (secondary N) is 2. The molecule has 0 aliphatic heterocycles. The molecule has 18 heavy (non-hydrogen) atoms. The first-order valence-electron chi connectivity index (χ1n) is 5.10. The molecule has 1 aromatic carbocycles. The average Bonchev–Trinajstić information content (AvgIpc) is 2.27. The Morgan fingerprint density at radius 1 is 1.33 bits per heavy atom. The topological polar surface area (TPSA) is 90.9 Å². The van der Waals surface area contributed by atoms with Gasteiger partial charge in [-0.1, -0.05) is 0 Å². The maximum Gasteiger partial charge on any atom is 0.337 e. The van der Waals surface area contributed by atoms with Crippen LogP contribution in [0.15, 0.2) is 18.2 Å². The van der Waals surface area contributed by atoms with Gasteiger partial charge in [-0.15, -0.1) is 0 Å². The van der Waals surface area contributed by atoms with E-state index in [2.05, 4.69) is 10.7 Å². The fraction of sp³-hybridized carbons (Fsp3) is 0.273. The van der Waals surface area contributed by atoms with Crippen molar-refractivity contribution < 1.29 is 19.4 Å². The van der Waals surface area contributed by atoms with Crippen LogP contribution in [-0.4, -0.2) is 43.3 Å². The van der Waals surface area contributed by atoms with E-state index in [0.717, 1.165) is 0 Å². The Labute approximate surface area is 104 Å². The van der Waals surface area contributed by atoms with E-state index in [0.29, 0.717) is 5.75 Å². The maximum atomic E-state index is 11.5. The predicted octanol–water partition coefficient (Wildman–Crippen LogP) is 0.991. The van der Waals surface area contributed by atoms with Crippen LogP contribution in [0, 0.1) is 0 Å². The quantitative estimate of drug-likeness (QED) is 0.696. The molecule has 7 heteroatoms. The Morgan fingerprint density at radius 3 is 2.50 bits per heavy atom. The number of rotatable bonds is 4. The molecular formula is C11H15N3O4. The molecule has 1 aromatic rings. The van der Waals surface area contributed by atoms with Crippen molar-refractivity contribution in [2.75, 3.05) is 26.5 Å². The van der Waals surface area contributed by atoms with E-state index >= 15 is 0 Å². The summed E-state index contributed by atoms with van der Waals surface area (Å²) in [4.78, 5) is 22.5. The average molecular weight is 253 g/mol. The first kappa shape index (κ1) is 13.8. The van der Waals surface area contributed by atoms with Crippen molar-refractivity contribution in [2.24, 2.45) is 0 Å². The molecule has 0 atom stereocenters. The number of hydrazine groups is 1. The summed E-state index contributed by atoms with van der Waals surface area (Å²) < 4.78 is 4.98. The summed E-state index contributed by atoms with van der Waals surface area (Å²) >= 11 is 0. The van der Waals surface area contributed by atoms with Crippen molar-refractivity contribution in [1.29, 1.82) is 0 Å². The lowest BCUT2D eigenvalue weighted by atomic mass is 10.1. The van der Waals surface area contributed by atoms with Gasteiger partial charge in [-0.2, -0.15) is 0 Å². The molecular weight excluding hydrogens is 238 g/mol. The molecule has 0 aliphatic carbocycles. The Morgan fingerprint density at radius 2 is 2.00 bits per heavy atom. The van der Waals surface area contributed by atoms with Gasteiger partial charge >= 0.3 is 12.0 Å². The van der Waals surface area contributed by atoms with E-state index in [4.69, 9.17) is 9.84 Å². The van der Waals surface area contributed by atoms with Crippen LogP contribution < -0.4 is 15.5 Å². The van der Waals surface area contributed by atoms with Gasteiger partial charge in [-0.05, 0) is 12.1 Å². The van der Waals surface area contributed by atoms with Crippen LogP contribution in [0.2, 0.25) is 0 Å². The van der Waals surface area contributed by atoms with E-state index in [1.54, 1.807) is 14.1 Å². The smallest absolute Gasteiger partial charge is 0.337 e. The van der Waals surface area contributed by atoms with Crippen molar-refractivity contribution in [1.82, 2.24) is 10.4 Å². The van der Waals surface area contributed by atoms with Gasteiger partial charge in [0.05, 0.1) is 18.4 Å². The molecule has 0 spiro atoms. The highest BCUT2D eigenvalue weighted by atomic mass is 16.5. The zero-order valence-electron chi connectivity index (χ0n) is 10.4. The highest BCUT2D eigenvalue weighted by Gasteiger charge is 2.13. The second-order valence-corrected chi connectivity index (χ2v) is 3.68. The van der Waals surface area contributed by atoms with Crippen LogP contribution in [0.3, 0.4) is 0 Å². The zero-order chi connectivity index (χ0) is 13.7. The first-order chi connectivity index (χ1) is 8.43. The molecule has 0 saturated carbocycles. The number of nitrogens with zero attached hydrogens (tertiary/aromatic N) is 1. The van der Waals surface area contributed by atoms with Crippen LogP contribution in [0.4, 0.5) is 10.5 Å². The number of aromatic carboxylic acids is 1. The fourth-order valence-corrected chi connectivity index (χ4v) is 1.29. The molecule has 0 heterocycles. The van der Waals surface area contributed by atoms with Gasteiger partial charge in [-0.3, -0.25) is 5.43 Å². The molecule has 1 rings (SSSR count). The van der Waals surface area contributed by atoms with Crippen molar-refractivity contribution >= 4 is 17.7 Å². The second-order valence-electron chi connectivity index (χ2n) is 3.68. The minimum atomic E-state index is -1.13. The number of carbonyl (C=O) groups excluding carboxylic acids is 1. The third-order valence-electron chi connectivity index (χ3n) is 2.03. The lowest BCUT2D eigenvalue weighted by molar-refractivity contribution is 0.0698. The van der Waals surface area contributed by atoms with Gasteiger partial charge in [0.2, 0.25) is 0 Å². The summed E-state index contributed by atoms with van der Waals surface area (Å²) in [6.07, 6.45) is 0. The number of hydrogen-bond acceptors (Lipinski definition) is 4. The van der Waals surface area contributed by atoms with Crippen molar-refractivity contribution in [3.05, 3.63) is 23.8 Å². The number of carboxylic acid groups (broad SMARTS) is 1. The minimum absolute atomic E-state index is 0.00953. The lowest BCUT2D eigenvalue weighted by Crippen LogP contribution is -2.39. The van der Waals surface area contributed by atoms with Crippen LogP contribution in [0.1, 0.15) is 10.4 Å². The maximum absolute atomic E-state index is 11.5. The summed E-state index contributed by atoms with van der Waals surface area (Å²) in [6.45, 7) is 0. The molecule has 7 nitrogen and oxygen atoms in total. The van der Waals surface area contributed by atoms with Crippen molar-refractivity contribution in [2.45, 2.75) is 0 Å². The lowest BCUT2D eigenvalue weighted by Gasteiger charge is -2.14. The SMILES string of the molecule is COc1ccc(C(=O)O)c(NC(=O)NN(C)C)c1. The van der Waals surface area contributed by atoms with Crippen LogP contribution in [0.5, 0.6) is 5.75 Å². The minimum Gasteiger partial charge on any atom is -0.497 e. The van der Waals surface area contributed by atoms with E-state index in [1.807, 2.05) is 0 Å². The normalized spacial score (nSPS) is 10.0. The number of hydrogen-bond donors (Lipinski definition) is 3. The summed E-state index contributed by atoms with van der Waals surface area (Å²) in [5, 5.41) is 12.9. The molecule has 2 amide bonds. The molecule has 0 aromatic heterocycles. The standard InChI is InChI=1S/C11H15N3O4/c1-14(2)13-11(17)12-9-6-7(18-3)4-5-8(9)10(15)16/h4-6H,1-3H3,(H,15,16)(H2,12,13,17). The number of urea groups is 1. The molecule has 0 aliphatic rings. The largest absolute Gasteiger partial charge is 0.497 e.